The summed E-state index contributed by atoms with van der Waals surface area (Å²) in [5, 5.41) is 0. The van der Waals surface area contributed by atoms with Crippen molar-refractivity contribution in [2.75, 3.05) is 0 Å². The molecule has 0 bridgehead atoms. The summed E-state index contributed by atoms with van der Waals surface area (Å²) in [5.41, 5.74) is 3.08. The monoisotopic (exact) mass is 394 g/mol. The van der Waals surface area contributed by atoms with Crippen molar-refractivity contribution >= 4 is 11.9 Å². The van der Waals surface area contributed by atoms with Gasteiger partial charge in [0.25, 0.3) is 0 Å². The van der Waals surface area contributed by atoms with Gasteiger partial charge in [-0.15, -0.1) is 0 Å². The third-order valence-corrected chi connectivity index (χ3v) is 5.25. The van der Waals surface area contributed by atoms with Crippen LogP contribution in [0.15, 0.2) is 48.5 Å². The lowest BCUT2D eigenvalue weighted by Crippen LogP contribution is -2.37. The van der Waals surface area contributed by atoms with Crippen molar-refractivity contribution in [3.05, 3.63) is 70.8 Å². The van der Waals surface area contributed by atoms with E-state index in [0.717, 1.165) is 24.0 Å². The molecule has 156 valence electrons. The Kier molecular flexibility index (Phi) is 7.78. The van der Waals surface area contributed by atoms with Crippen LogP contribution in [0, 0.1) is 11.8 Å². The summed E-state index contributed by atoms with van der Waals surface area (Å²) < 4.78 is 5.19. The predicted octanol–water partition coefficient (Wildman–Crippen LogP) is 5.87. The minimum absolute atomic E-state index is 0.169. The minimum atomic E-state index is -1.04. The Labute approximate surface area is 175 Å². The zero-order chi connectivity index (χ0) is 21.6. The first-order chi connectivity index (χ1) is 13.7. The molecule has 0 saturated carbocycles. The van der Waals surface area contributed by atoms with E-state index in [1.807, 2.05) is 31.2 Å². The average molecular weight is 395 g/mol. The highest BCUT2D eigenvalue weighted by Gasteiger charge is 2.40. The number of carbonyl (C=O) groups excluding carboxylic acids is 2. The molecule has 0 fully saturated rings. The number of carbonyl (C=O) groups is 2. The lowest BCUT2D eigenvalue weighted by molar-refractivity contribution is -0.162. The summed E-state index contributed by atoms with van der Waals surface area (Å²) >= 11 is 0. The first-order valence-electron chi connectivity index (χ1n) is 10.6. The fourth-order valence-corrected chi connectivity index (χ4v) is 3.57. The zero-order valence-corrected chi connectivity index (χ0v) is 18.6. The van der Waals surface area contributed by atoms with Gasteiger partial charge in [0.05, 0.1) is 0 Å². The van der Waals surface area contributed by atoms with Crippen LogP contribution in [0.4, 0.5) is 0 Å². The fraction of sp³-hybridized carbons (Fsp3) is 0.462. The van der Waals surface area contributed by atoms with Crippen LogP contribution in [-0.4, -0.2) is 11.9 Å². The Hall–Kier alpha value is -2.42. The van der Waals surface area contributed by atoms with Gasteiger partial charge in [0, 0.05) is 6.42 Å². The highest BCUT2D eigenvalue weighted by molar-refractivity contribution is 5.94. The average Bonchev–Trinajstić information content (AvgIpc) is 2.67. The first kappa shape index (κ1) is 22.9. The Morgan fingerprint density at radius 2 is 1.17 bits per heavy atom. The highest BCUT2D eigenvalue weighted by Crippen LogP contribution is 2.34. The summed E-state index contributed by atoms with van der Waals surface area (Å²) in [6, 6.07) is 16.2. The van der Waals surface area contributed by atoms with E-state index in [1.165, 1.54) is 11.1 Å². The lowest BCUT2D eigenvalue weighted by atomic mass is 9.75. The van der Waals surface area contributed by atoms with Crippen molar-refractivity contribution in [3.8, 4) is 0 Å². The Morgan fingerprint density at radius 1 is 0.793 bits per heavy atom. The molecule has 2 rings (SSSR count). The molecule has 0 amide bonds. The second-order valence-electron chi connectivity index (χ2n) is 8.83. The fourth-order valence-electron chi connectivity index (χ4n) is 3.57. The maximum atomic E-state index is 13.1. The maximum absolute atomic E-state index is 13.1. The summed E-state index contributed by atoms with van der Waals surface area (Å²) in [5.74, 6) is 0.0902. The van der Waals surface area contributed by atoms with Crippen LogP contribution in [0.1, 0.15) is 70.2 Å². The molecular formula is C26H34O3. The quantitative estimate of drug-likeness (QED) is 0.415. The van der Waals surface area contributed by atoms with Crippen molar-refractivity contribution in [1.29, 1.82) is 0 Å². The lowest BCUT2D eigenvalue weighted by Gasteiger charge is -2.28. The Balaban J connectivity index is 2.45. The van der Waals surface area contributed by atoms with Crippen LogP contribution in [0.3, 0.4) is 0 Å². The van der Waals surface area contributed by atoms with Gasteiger partial charge in [-0.3, -0.25) is 9.59 Å². The van der Waals surface area contributed by atoms with Gasteiger partial charge in [0.15, 0.2) is 0 Å². The molecule has 3 heteroatoms. The smallest absolute Gasteiger partial charge is 0.328 e. The van der Waals surface area contributed by atoms with Crippen LogP contribution in [0.25, 0.3) is 0 Å². The molecule has 3 nitrogen and oxygen atoms in total. The molecule has 0 N–H and O–H groups in total. The summed E-state index contributed by atoms with van der Waals surface area (Å²) in [6.07, 6.45) is 2.14. The van der Waals surface area contributed by atoms with Gasteiger partial charge in [-0.25, -0.2) is 0 Å². The summed E-state index contributed by atoms with van der Waals surface area (Å²) in [4.78, 5) is 25.0. The van der Waals surface area contributed by atoms with Crippen molar-refractivity contribution in [2.45, 2.75) is 66.2 Å². The molecule has 2 aromatic rings. The SMILES string of the molecule is CCC(=O)OC(=O)C(C)(c1ccc(CC(C)C)cc1)c1ccc(CC(C)C)cc1. The second-order valence-corrected chi connectivity index (χ2v) is 8.83. The maximum Gasteiger partial charge on any atom is 0.328 e. The predicted molar refractivity (Wildman–Crippen MR) is 118 cm³/mol. The summed E-state index contributed by atoms with van der Waals surface area (Å²) in [7, 11) is 0. The number of hydrogen-bond acceptors (Lipinski definition) is 3. The van der Waals surface area contributed by atoms with Crippen LogP contribution >= 0.6 is 0 Å². The largest absolute Gasteiger partial charge is 0.392 e. The normalized spacial score (nSPS) is 11.7. The van der Waals surface area contributed by atoms with E-state index in [4.69, 9.17) is 4.74 Å². The summed E-state index contributed by atoms with van der Waals surface area (Å²) in [6.45, 7) is 12.3. The molecule has 29 heavy (non-hydrogen) atoms. The number of esters is 2. The number of rotatable bonds is 8. The Morgan fingerprint density at radius 3 is 1.48 bits per heavy atom. The molecule has 0 unspecified atom stereocenters. The van der Waals surface area contributed by atoms with E-state index in [2.05, 4.69) is 52.0 Å². The molecule has 2 aromatic carbocycles. The number of ether oxygens (including phenoxy) is 1. The molecule has 0 spiro atoms. The second kappa shape index (κ2) is 9.87. The van der Waals surface area contributed by atoms with Gasteiger partial charge in [0.2, 0.25) is 0 Å². The molecule has 0 aliphatic rings. The molecular weight excluding hydrogens is 360 g/mol. The topological polar surface area (TPSA) is 43.4 Å². The molecule has 0 saturated heterocycles. The van der Waals surface area contributed by atoms with E-state index >= 15 is 0 Å². The van der Waals surface area contributed by atoms with E-state index < -0.39 is 17.4 Å². The van der Waals surface area contributed by atoms with Crippen LogP contribution in [-0.2, 0) is 32.6 Å². The van der Waals surface area contributed by atoms with E-state index in [0.29, 0.717) is 11.8 Å². The Bertz CT molecular complexity index is 761. The molecule has 0 heterocycles. The molecule has 0 aliphatic heterocycles. The van der Waals surface area contributed by atoms with Crippen molar-refractivity contribution in [3.63, 3.8) is 0 Å². The molecule has 0 atom stereocenters. The van der Waals surface area contributed by atoms with Crippen molar-refractivity contribution in [2.24, 2.45) is 11.8 Å². The molecule has 0 radical (unpaired) electrons. The number of benzene rings is 2. The van der Waals surface area contributed by atoms with Crippen LogP contribution in [0.5, 0.6) is 0 Å². The zero-order valence-electron chi connectivity index (χ0n) is 18.6. The third-order valence-electron chi connectivity index (χ3n) is 5.25. The van der Waals surface area contributed by atoms with E-state index in [9.17, 15) is 9.59 Å². The van der Waals surface area contributed by atoms with E-state index in [1.54, 1.807) is 6.92 Å². The van der Waals surface area contributed by atoms with Crippen molar-refractivity contribution < 1.29 is 14.3 Å². The number of hydrogen-bond donors (Lipinski definition) is 0. The van der Waals surface area contributed by atoms with Gasteiger partial charge in [0.1, 0.15) is 5.41 Å². The van der Waals surface area contributed by atoms with Gasteiger partial charge in [-0.1, -0.05) is 83.1 Å². The highest BCUT2D eigenvalue weighted by atomic mass is 16.6. The van der Waals surface area contributed by atoms with Crippen LogP contribution in [0.2, 0.25) is 0 Å². The molecule has 0 aromatic heterocycles. The molecule has 0 aliphatic carbocycles. The van der Waals surface area contributed by atoms with E-state index in [-0.39, 0.29) is 6.42 Å². The third kappa shape index (κ3) is 5.79. The standard InChI is InChI=1S/C26H34O3/c1-7-24(27)29-25(28)26(6,22-12-8-20(9-13-22)16-18(2)3)23-14-10-21(11-15-23)17-19(4)5/h8-15,18-19H,7,16-17H2,1-6H3. The van der Waals surface area contributed by atoms with Gasteiger partial charge in [-0.2, -0.15) is 0 Å². The van der Waals surface area contributed by atoms with Crippen molar-refractivity contribution in [1.82, 2.24) is 0 Å². The van der Waals surface area contributed by atoms with Crippen LogP contribution < -0.4 is 0 Å². The van der Waals surface area contributed by atoms with Gasteiger partial charge >= 0.3 is 11.9 Å². The first-order valence-corrected chi connectivity index (χ1v) is 10.6. The van der Waals surface area contributed by atoms with Gasteiger partial charge < -0.3 is 4.74 Å². The minimum Gasteiger partial charge on any atom is -0.392 e. The van der Waals surface area contributed by atoms with Gasteiger partial charge in [-0.05, 0) is 53.9 Å².